The molecule has 1 aromatic rings. The molecule has 0 bridgehead atoms. The molecule has 1 saturated heterocycles. The van der Waals surface area contributed by atoms with Gasteiger partial charge in [-0.25, -0.2) is 21.6 Å². The lowest BCUT2D eigenvalue weighted by atomic mass is 9.92. The fraction of sp³-hybridized carbons (Fsp3) is 0.667. The highest BCUT2D eigenvalue weighted by Crippen LogP contribution is 2.36. The maximum atomic E-state index is 13.0. The molecule has 0 radical (unpaired) electrons. The average Bonchev–Trinajstić information content (AvgIpc) is 3.16. The van der Waals surface area contributed by atoms with E-state index in [1.54, 1.807) is 13.0 Å². The Balaban J connectivity index is 1.72. The second-order valence-corrected chi connectivity index (χ2v) is 11.3. The maximum absolute atomic E-state index is 13.0. The molecule has 1 aliphatic carbocycles. The normalized spacial score (nSPS) is 26.8. The van der Waals surface area contributed by atoms with Crippen molar-refractivity contribution < 1.29 is 21.6 Å². The standard InChI is InChI=1S/C18H26N2O5S2/c1-13-10-15-11-16(14-4-2-3-5-14)19-26(21,22)18(15)12-17(13)27(23,24)20-6-8-25-9-7-20/h10,12,14,16,19H,2-9,11H2,1H3. The molecule has 1 N–H and O–H groups in total. The maximum Gasteiger partial charge on any atom is 0.243 e. The van der Waals surface area contributed by atoms with Gasteiger partial charge in [0.05, 0.1) is 23.0 Å². The van der Waals surface area contributed by atoms with Crippen LogP contribution in [0.3, 0.4) is 0 Å². The quantitative estimate of drug-likeness (QED) is 0.807. The van der Waals surface area contributed by atoms with Crippen LogP contribution < -0.4 is 4.72 Å². The predicted molar refractivity (Wildman–Crippen MR) is 101 cm³/mol. The fourth-order valence-electron chi connectivity index (χ4n) is 4.51. The van der Waals surface area contributed by atoms with Crippen LogP contribution in [0.25, 0.3) is 0 Å². The van der Waals surface area contributed by atoms with Gasteiger partial charge in [0.25, 0.3) is 0 Å². The van der Waals surface area contributed by atoms with Gasteiger partial charge in [-0.05, 0) is 49.3 Å². The Morgan fingerprint density at radius 1 is 1.15 bits per heavy atom. The number of nitrogens with zero attached hydrogens (tertiary/aromatic N) is 1. The molecule has 1 unspecified atom stereocenters. The van der Waals surface area contributed by atoms with Crippen LogP contribution in [-0.2, 0) is 31.2 Å². The van der Waals surface area contributed by atoms with Crippen molar-refractivity contribution in [2.45, 2.75) is 54.9 Å². The van der Waals surface area contributed by atoms with Crippen LogP contribution in [0.4, 0.5) is 0 Å². The van der Waals surface area contributed by atoms with Crippen molar-refractivity contribution in [2.24, 2.45) is 5.92 Å². The first-order valence-corrected chi connectivity index (χ1v) is 12.4. The molecule has 2 aliphatic heterocycles. The Kier molecular flexibility index (Phi) is 5.09. The lowest BCUT2D eigenvalue weighted by Crippen LogP contribution is -2.45. The lowest BCUT2D eigenvalue weighted by molar-refractivity contribution is 0.0730. The number of fused-ring (bicyclic) bond motifs is 1. The van der Waals surface area contributed by atoms with Crippen LogP contribution in [0.1, 0.15) is 36.8 Å². The van der Waals surface area contributed by atoms with Crippen LogP contribution in [0, 0.1) is 12.8 Å². The molecule has 3 aliphatic rings. The number of aryl methyl sites for hydroxylation is 1. The van der Waals surface area contributed by atoms with Crippen LogP contribution in [-0.4, -0.2) is 53.5 Å². The topological polar surface area (TPSA) is 92.8 Å². The van der Waals surface area contributed by atoms with Gasteiger partial charge in [-0.15, -0.1) is 0 Å². The van der Waals surface area contributed by atoms with E-state index in [0.29, 0.717) is 31.1 Å². The van der Waals surface area contributed by atoms with Crippen molar-refractivity contribution in [3.8, 4) is 0 Å². The number of nitrogens with one attached hydrogen (secondary N) is 1. The van der Waals surface area contributed by atoms with E-state index in [9.17, 15) is 16.8 Å². The van der Waals surface area contributed by atoms with Crippen LogP contribution in [0.2, 0.25) is 0 Å². The highest BCUT2D eigenvalue weighted by atomic mass is 32.2. The molecular formula is C18H26N2O5S2. The minimum Gasteiger partial charge on any atom is -0.379 e. The number of benzene rings is 1. The molecule has 7 nitrogen and oxygen atoms in total. The Morgan fingerprint density at radius 3 is 2.48 bits per heavy atom. The molecule has 27 heavy (non-hydrogen) atoms. The summed E-state index contributed by atoms with van der Waals surface area (Å²) in [5.41, 5.74) is 1.33. The molecule has 0 spiro atoms. The molecule has 1 aromatic carbocycles. The number of rotatable bonds is 3. The minimum atomic E-state index is -3.74. The molecule has 9 heteroatoms. The van der Waals surface area contributed by atoms with E-state index in [1.807, 2.05) is 0 Å². The third-order valence-corrected chi connectivity index (χ3v) is 9.56. The Morgan fingerprint density at radius 2 is 1.81 bits per heavy atom. The SMILES string of the molecule is Cc1cc2c(cc1S(=O)(=O)N1CCOCC1)S(=O)(=O)NC(C1CCCC1)C2. The molecule has 2 heterocycles. The summed E-state index contributed by atoms with van der Waals surface area (Å²) in [5.74, 6) is 0.366. The summed E-state index contributed by atoms with van der Waals surface area (Å²) in [6, 6.07) is 3.01. The van der Waals surface area contributed by atoms with E-state index in [-0.39, 0.29) is 28.9 Å². The van der Waals surface area contributed by atoms with Crippen LogP contribution in [0.15, 0.2) is 21.9 Å². The summed E-state index contributed by atoms with van der Waals surface area (Å²) in [6.07, 6.45) is 5.00. The van der Waals surface area contributed by atoms with Gasteiger partial charge in [0.1, 0.15) is 0 Å². The summed E-state index contributed by atoms with van der Waals surface area (Å²) in [4.78, 5) is 0.182. The Labute approximate surface area is 161 Å². The molecule has 2 fully saturated rings. The number of morpholine rings is 1. The summed E-state index contributed by atoms with van der Waals surface area (Å²) in [6.45, 7) is 3.02. The summed E-state index contributed by atoms with van der Waals surface area (Å²) < 4.78 is 61.2. The largest absolute Gasteiger partial charge is 0.379 e. The van der Waals surface area contributed by atoms with Crippen molar-refractivity contribution in [2.75, 3.05) is 26.3 Å². The second kappa shape index (κ2) is 7.11. The third-order valence-electron chi connectivity index (χ3n) is 5.95. The molecule has 0 amide bonds. The van der Waals surface area contributed by atoms with Gasteiger partial charge in [-0.1, -0.05) is 18.9 Å². The molecule has 0 aromatic heterocycles. The Hall–Kier alpha value is -1.00. The first-order valence-electron chi connectivity index (χ1n) is 9.53. The lowest BCUT2D eigenvalue weighted by Gasteiger charge is -2.31. The number of hydrogen-bond donors (Lipinski definition) is 1. The van der Waals surface area contributed by atoms with Crippen LogP contribution >= 0.6 is 0 Å². The fourth-order valence-corrected chi connectivity index (χ4v) is 7.78. The van der Waals surface area contributed by atoms with Crippen molar-refractivity contribution in [1.29, 1.82) is 0 Å². The zero-order chi connectivity index (χ0) is 19.2. The first kappa shape index (κ1) is 19.3. The predicted octanol–water partition coefficient (Wildman–Crippen LogP) is 1.41. The summed E-state index contributed by atoms with van der Waals surface area (Å²) in [5, 5.41) is 0. The zero-order valence-corrected chi connectivity index (χ0v) is 17.1. The van der Waals surface area contributed by atoms with Gasteiger partial charge in [-0.3, -0.25) is 0 Å². The number of sulfonamides is 2. The van der Waals surface area contributed by atoms with Crippen molar-refractivity contribution in [3.05, 3.63) is 23.3 Å². The highest BCUT2D eigenvalue weighted by Gasteiger charge is 2.37. The van der Waals surface area contributed by atoms with E-state index >= 15 is 0 Å². The average molecular weight is 415 g/mol. The number of ether oxygens (including phenoxy) is 1. The minimum absolute atomic E-state index is 0.0767. The smallest absolute Gasteiger partial charge is 0.243 e. The van der Waals surface area contributed by atoms with Gasteiger partial charge < -0.3 is 4.74 Å². The van der Waals surface area contributed by atoms with Crippen molar-refractivity contribution in [1.82, 2.24) is 9.03 Å². The van der Waals surface area contributed by atoms with E-state index in [4.69, 9.17) is 4.74 Å². The molecule has 4 rings (SSSR count). The third kappa shape index (κ3) is 3.55. The van der Waals surface area contributed by atoms with E-state index in [1.165, 1.54) is 10.4 Å². The second-order valence-electron chi connectivity index (χ2n) is 7.72. The van der Waals surface area contributed by atoms with Crippen molar-refractivity contribution in [3.63, 3.8) is 0 Å². The molecule has 150 valence electrons. The van der Waals surface area contributed by atoms with Gasteiger partial charge in [0, 0.05) is 19.1 Å². The molecular weight excluding hydrogens is 388 g/mol. The highest BCUT2D eigenvalue weighted by molar-refractivity contribution is 7.90. The van der Waals surface area contributed by atoms with Gasteiger partial charge in [0.15, 0.2) is 0 Å². The summed E-state index contributed by atoms with van der Waals surface area (Å²) in [7, 11) is -7.46. The molecule has 1 saturated carbocycles. The number of hydrogen-bond acceptors (Lipinski definition) is 5. The summed E-state index contributed by atoms with van der Waals surface area (Å²) >= 11 is 0. The van der Waals surface area contributed by atoms with Gasteiger partial charge >= 0.3 is 0 Å². The van der Waals surface area contributed by atoms with Crippen LogP contribution in [0.5, 0.6) is 0 Å². The zero-order valence-electron chi connectivity index (χ0n) is 15.5. The van der Waals surface area contributed by atoms with Gasteiger partial charge in [0.2, 0.25) is 20.0 Å². The monoisotopic (exact) mass is 414 g/mol. The van der Waals surface area contributed by atoms with Gasteiger partial charge in [-0.2, -0.15) is 4.31 Å². The van der Waals surface area contributed by atoms with E-state index in [2.05, 4.69) is 4.72 Å². The van der Waals surface area contributed by atoms with Crippen molar-refractivity contribution >= 4 is 20.0 Å². The van der Waals surface area contributed by atoms with E-state index < -0.39 is 20.0 Å². The molecule has 1 atom stereocenters. The Bertz CT molecular complexity index is 931. The van der Waals surface area contributed by atoms with E-state index in [0.717, 1.165) is 31.2 Å². The first-order chi connectivity index (χ1) is 12.8.